The normalized spacial score (nSPS) is 9.73. The smallest absolute Gasteiger partial charge is 0.222 e. The maximum atomic E-state index is 5.45. The first-order valence-electron chi connectivity index (χ1n) is 4.46. The number of anilines is 1. The van der Waals surface area contributed by atoms with Gasteiger partial charge in [0.05, 0.1) is 0 Å². The van der Waals surface area contributed by atoms with Crippen LogP contribution in [0.2, 0.25) is 0 Å². The summed E-state index contributed by atoms with van der Waals surface area (Å²) in [6, 6.07) is 7.88. The van der Waals surface area contributed by atoms with Crippen molar-refractivity contribution in [1.82, 2.24) is 5.16 Å². The maximum absolute atomic E-state index is 5.45. The van der Waals surface area contributed by atoms with E-state index in [1.165, 1.54) is 11.1 Å². The van der Waals surface area contributed by atoms with Gasteiger partial charge in [-0.15, -0.1) is 12.4 Å². The molecule has 0 atom stereocenters. The molecule has 0 aliphatic heterocycles. The Morgan fingerprint density at radius 2 is 1.87 bits per heavy atom. The number of nitrogens with two attached hydrogens (primary N) is 1. The van der Waals surface area contributed by atoms with Crippen LogP contribution in [0.4, 0.5) is 5.88 Å². The Bertz CT molecular complexity index is 465. The zero-order valence-corrected chi connectivity index (χ0v) is 9.47. The standard InChI is InChI=1S/C11H12N2O.ClH/c1-7-3-4-9(5-8(7)2)10-6-11(12)14-13-10;/h3-6H,12H2,1-2H3;1H. The van der Waals surface area contributed by atoms with Gasteiger partial charge >= 0.3 is 0 Å². The van der Waals surface area contributed by atoms with Crippen molar-refractivity contribution in [2.45, 2.75) is 13.8 Å². The number of aromatic nitrogens is 1. The van der Waals surface area contributed by atoms with E-state index in [4.69, 9.17) is 10.3 Å². The van der Waals surface area contributed by atoms with E-state index in [1.54, 1.807) is 6.07 Å². The van der Waals surface area contributed by atoms with Crippen molar-refractivity contribution in [2.24, 2.45) is 0 Å². The number of nitrogens with zero attached hydrogens (tertiary/aromatic N) is 1. The van der Waals surface area contributed by atoms with Gasteiger partial charge in [-0.1, -0.05) is 17.3 Å². The highest BCUT2D eigenvalue weighted by Crippen LogP contribution is 2.22. The van der Waals surface area contributed by atoms with Gasteiger partial charge in [0.1, 0.15) is 5.69 Å². The molecule has 2 rings (SSSR count). The molecule has 15 heavy (non-hydrogen) atoms. The summed E-state index contributed by atoms with van der Waals surface area (Å²) in [4.78, 5) is 0. The van der Waals surface area contributed by atoms with Gasteiger partial charge in [-0.25, -0.2) is 0 Å². The van der Waals surface area contributed by atoms with Gasteiger partial charge in [0.15, 0.2) is 0 Å². The zero-order valence-electron chi connectivity index (χ0n) is 8.65. The first-order chi connectivity index (χ1) is 6.66. The topological polar surface area (TPSA) is 52.0 Å². The molecule has 1 aromatic heterocycles. The van der Waals surface area contributed by atoms with Crippen molar-refractivity contribution in [3.05, 3.63) is 35.4 Å². The van der Waals surface area contributed by atoms with E-state index >= 15 is 0 Å². The molecule has 0 saturated heterocycles. The third-order valence-electron chi connectivity index (χ3n) is 2.33. The third kappa shape index (κ3) is 2.30. The Hall–Kier alpha value is -1.48. The van der Waals surface area contributed by atoms with Crippen LogP contribution in [0.25, 0.3) is 11.3 Å². The highest BCUT2D eigenvalue weighted by atomic mass is 35.5. The molecular weight excluding hydrogens is 212 g/mol. The number of hydrogen-bond donors (Lipinski definition) is 1. The van der Waals surface area contributed by atoms with Crippen molar-refractivity contribution >= 4 is 18.3 Å². The number of nitrogen functional groups attached to an aromatic ring is 1. The van der Waals surface area contributed by atoms with Crippen LogP contribution in [0.15, 0.2) is 28.8 Å². The second-order valence-corrected chi connectivity index (χ2v) is 3.41. The van der Waals surface area contributed by atoms with Crippen molar-refractivity contribution in [3.8, 4) is 11.3 Å². The van der Waals surface area contributed by atoms with Gasteiger partial charge in [0.25, 0.3) is 0 Å². The molecule has 0 amide bonds. The monoisotopic (exact) mass is 224 g/mol. The van der Waals surface area contributed by atoms with Crippen molar-refractivity contribution in [3.63, 3.8) is 0 Å². The molecule has 0 radical (unpaired) electrons. The minimum absolute atomic E-state index is 0. The molecule has 2 aromatic rings. The van der Waals surface area contributed by atoms with Crippen LogP contribution in [0, 0.1) is 13.8 Å². The average Bonchev–Trinajstić information content (AvgIpc) is 2.57. The first kappa shape index (κ1) is 11.6. The van der Waals surface area contributed by atoms with E-state index in [-0.39, 0.29) is 12.4 Å². The summed E-state index contributed by atoms with van der Waals surface area (Å²) in [5.74, 6) is 0.346. The lowest BCUT2D eigenvalue weighted by atomic mass is 10.0. The molecule has 0 saturated carbocycles. The van der Waals surface area contributed by atoms with Crippen molar-refractivity contribution in [1.29, 1.82) is 0 Å². The largest absolute Gasteiger partial charge is 0.368 e. The Morgan fingerprint density at radius 3 is 2.40 bits per heavy atom. The zero-order chi connectivity index (χ0) is 10.1. The summed E-state index contributed by atoms with van der Waals surface area (Å²) < 4.78 is 4.82. The molecule has 0 unspecified atom stereocenters. The molecule has 0 aliphatic rings. The van der Waals surface area contributed by atoms with Crippen LogP contribution in [0.5, 0.6) is 0 Å². The average molecular weight is 225 g/mol. The summed E-state index contributed by atoms with van der Waals surface area (Å²) in [6.07, 6.45) is 0. The molecule has 0 bridgehead atoms. The van der Waals surface area contributed by atoms with Gasteiger partial charge in [0, 0.05) is 11.6 Å². The SMILES string of the molecule is Cc1ccc(-c2cc(N)on2)cc1C.Cl. The van der Waals surface area contributed by atoms with Crippen LogP contribution in [-0.2, 0) is 0 Å². The quantitative estimate of drug-likeness (QED) is 0.810. The lowest BCUT2D eigenvalue weighted by Crippen LogP contribution is -1.83. The summed E-state index contributed by atoms with van der Waals surface area (Å²) in [5.41, 5.74) is 9.78. The number of benzene rings is 1. The highest BCUT2D eigenvalue weighted by Gasteiger charge is 2.04. The fourth-order valence-electron chi connectivity index (χ4n) is 1.33. The molecule has 0 spiro atoms. The molecule has 80 valence electrons. The summed E-state index contributed by atoms with van der Waals surface area (Å²) >= 11 is 0. The fourth-order valence-corrected chi connectivity index (χ4v) is 1.33. The van der Waals surface area contributed by atoms with Crippen LogP contribution in [0.3, 0.4) is 0 Å². The number of hydrogen-bond acceptors (Lipinski definition) is 3. The molecule has 1 aromatic carbocycles. The predicted molar refractivity (Wildman–Crippen MR) is 63.1 cm³/mol. The molecule has 1 heterocycles. The van der Waals surface area contributed by atoms with Crippen LogP contribution < -0.4 is 5.73 Å². The highest BCUT2D eigenvalue weighted by molar-refractivity contribution is 5.85. The number of rotatable bonds is 1. The van der Waals surface area contributed by atoms with E-state index in [2.05, 4.69) is 31.1 Å². The van der Waals surface area contributed by atoms with Crippen LogP contribution in [0.1, 0.15) is 11.1 Å². The maximum Gasteiger partial charge on any atom is 0.222 e. The molecule has 3 nitrogen and oxygen atoms in total. The second-order valence-electron chi connectivity index (χ2n) is 3.41. The first-order valence-corrected chi connectivity index (χ1v) is 4.46. The van der Waals surface area contributed by atoms with Gasteiger partial charge in [0.2, 0.25) is 5.88 Å². The molecule has 2 N–H and O–H groups in total. The van der Waals surface area contributed by atoms with Crippen LogP contribution >= 0.6 is 12.4 Å². The van der Waals surface area contributed by atoms with Crippen molar-refractivity contribution < 1.29 is 4.52 Å². The molecule has 0 fully saturated rings. The lowest BCUT2D eigenvalue weighted by molar-refractivity contribution is 0.439. The van der Waals surface area contributed by atoms with Gasteiger partial charge in [-0.2, -0.15) is 0 Å². The molecular formula is C11H13ClN2O. The van der Waals surface area contributed by atoms with E-state index in [1.807, 2.05) is 6.07 Å². The Labute approximate surface area is 94.7 Å². The Morgan fingerprint density at radius 1 is 1.13 bits per heavy atom. The summed E-state index contributed by atoms with van der Waals surface area (Å²) in [6.45, 7) is 4.15. The Balaban J connectivity index is 0.00000112. The molecule has 4 heteroatoms. The van der Waals surface area contributed by atoms with Crippen molar-refractivity contribution in [2.75, 3.05) is 5.73 Å². The predicted octanol–water partition coefficient (Wildman–Crippen LogP) is 2.96. The van der Waals surface area contributed by atoms with E-state index in [0.29, 0.717) is 5.88 Å². The van der Waals surface area contributed by atoms with E-state index < -0.39 is 0 Å². The van der Waals surface area contributed by atoms with Gasteiger partial charge in [-0.05, 0) is 31.0 Å². The lowest BCUT2D eigenvalue weighted by Gasteiger charge is -2.01. The van der Waals surface area contributed by atoms with E-state index in [9.17, 15) is 0 Å². The fraction of sp³-hybridized carbons (Fsp3) is 0.182. The van der Waals surface area contributed by atoms with Gasteiger partial charge < -0.3 is 10.3 Å². The summed E-state index contributed by atoms with van der Waals surface area (Å²) in [5, 5.41) is 3.86. The summed E-state index contributed by atoms with van der Waals surface area (Å²) in [7, 11) is 0. The minimum Gasteiger partial charge on any atom is -0.368 e. The van der Waals surface area contributed by atoms with Gasteiger partial charge in [-0.3, -0.25) is 0 Å². The Kier molecular flexibility index (Phi) is 3.37. The van der Waals surface area contributed by atoms with E-state index in [0.717, 1.165) is 11.3 Å². The third-order valence-corrected chi connectivity index (χ3v) is 2.33. The minimum atomic E-state index is 0. The number of halogens is 1. The number of aryl methyl sites for hydroxylation is 2. The molecule has 0 aliphatic carbocycles. The van der Waals surface area contributed by atoms with Crippen LogP contribution in [-0.4, -0.2) is 5.16 Å². The second kappa shape index (κ2) is 4.36.